The molecule has 0 amide bonds. The first kappa shape index (κ1) is 15.5. The fourth-order valence-corrected chi connectivity index (χ4v) is 4.55. The van der Waals surface area contributed by atoms with Crippen molar-refractivity contribution in [2.24, 2.45) is 0 Å². The van der Waals surface area contributed by atoms with Crippen LogP contribution in [-0.2, 0) is 0 Å². The number of hydrogen-bond donors (Lipinski definition) is 1. The van der Waals surface area contributed by atoms with E-state index in [1.807, 2.05) is 0 Å². The number of nitrogens with one attached hydrogen (secondary N) is 1. The van der Waals surface area contributed by atoms with Crippen molar-refractivity contribution in [3.05, 3.63) is 83.9 Å². The predicted octanol–water partition coefficient (Wildman–Crippen LogP) is 7.37. The Morgan fingerprint density at radius 2 is 1.23 bits per heavy atom. The summed E-state index contributed by atoms with van der Waals surface area (Å²) < 4.78 is 0. The van der Waals surface area contributed by atoms with Gasteiger partial charge in [-0.25, -0.2) is 0 Å². The third-order valence-electron chi connectivity index (χ3n) is 5.75. The molecule has 0 radical (unpaired) electrons. The van der Waals surface area contributed by atoms with Crippen LogP contribution >= 0.6 is 0 Å². The van der Waals surface area contributed by atoms with E-state index in [1.165, 1.54) is 63.3 Å². The van der Waals surface area contributed by atoms with Crippen molar-refractivity contribution in [1.82, 2.24) is 0 Å². The summed E-state index contributed by atoms with van der Waals surface area (Å²) in [6, 6.07) is 26.6. The number of hydrogen-bond acceptors (Lipinski definition) is 1. The van der Waals surface area contributed by atoms with E-state index >= 15 is 0 Å². The van der Waals surface area contributed by atoms with Crippen molar-refractivity contribution < 1.29 is 0 Å². The lowest BCUT2D eigenvalue weighted by atomic mass is 9.78. The molecule has 0 spiro atoms. The molecule has 0 saturated carbocycles. The molecular formula is C25H23N. The summed E-state index contributed by atoms with van der Waals surface area (Å²) in [5.41, 5.74) is 5.49. The van der Waals surface area contributed by atoms with Crippen LogP contribution in [0.1, 0.15) is 43.2 Å². The highest BCUT2D eigenvalue weighted by molar-refractivity contribution is 5.99. The molecule has 1 heteroatoms. The summed E-state index contributed by atoms with van der Waals surface area (Å²) in [5, 5.41) is 9.17. The van der Waals surface area contributed by atoms with Crippen molar-refractivity contribution in [1.29, 1.82) is 0 Å². The van der Waals surface area contributed by atoms with Gasteiger partial charge in [-0.3, -0.25) is 0 Å². The zero-order valence-electron chi connectivity index (χ0n) is 15.1. The maximum absolute atomic E-state index is 3.73. The van der Waals surface area contributed by atoms with Gasteiger partial charge in [0.1, 0.15) is 0 Å². The molecule has 0 unspecified atom stereocenters. The third-order valence-corrected chi connectivity index (χ3v) is 5.75. The molecule has 1 heterocycles. The highest BCUT2D eigenvalue weighted by Gasteiger charge is 2.28. The second-order valence-electron chi connectivity index (χ2n) is 7.32. The molecule has 1 aliphatic rings. The van der Waals surface area contributed by atoms with Crippen LogP contribution in [0.5, 0.6) is 0 Å². The Labute approximate surface area is 154 Å². The molecule has 0 bridgehead atoms. The fraction of sp³-hybridized carbons (Fsp3) is 0.200. The summed E-state index contributed by atoms with van der Waals surface area (Å²) >= 11 is 0. The first-order valence-corrected chi connectivity index (χ1v) is 9.67. The lowest BCUT2D eigenvalue weighted by Crippen LogP contribution is -2.14. The third kappa shape index (κ3) is 2.31. The zero-order chi connectivity index (χ0) is 17.5. The van der Waals surface area contributed by atoms with Crippen LogP contribution in [0.4, 0.5) is 11.4 Å². The molecule has 0 saturated heterocycles. The van der Waals surface area contributed by atoms with Gasteiger partial charge in [0.25, 0.3) is 0 Å². The van der Waals surface area contributed by atoms with Crippen molar-refractivity contribution in [3.63, 3.8) is 0 Å². The average Bonchev–Trinajstić information content (AvgIpc) is 2.70. The highest BCUT2D eigenvalue weighted by Crippen LogP contribution is 2.49. The topological polar surface area (TPSA) is 12.0 Å². The Hall–Kier alpha value is -2.80. The molecule has 4 aromatic carbocycles. The largest absolute Gasteiger partial charge is 0.355 e. The monoisotopic (exact) mass is 337 g/mol. The van der Waals surface area contributed by atoms with E-state index < -0.39 is 0 Å². The summed E-state index contributed by atoms with van der Waals surface area (Å²) in [6.07, 6.45) is 3.67. The molecule has 0 fully saturated rings. The van der Waals surface area contributed by atoms with E-state index in [4.69, 9.17) is 0 Å². The standard InChI is InChI=1S/C25H23N/c1-2-3-10-21-24-19-11-6-4-8-17(19)13-15-22(24)26-23-16-14-18-9-5-7-12-20(18)25(21)23/h4-9,11-16,21,26H,2-3,10H2,1H3. The summed E-state index contributed by atoms with van der Waals surface area (Å²) in [7, 11) is 0. The van der Waals surface area contributed by atoms with E-state index in [-0.39, 0.29) is 0 Å². The van der Waals surface area contributed by atoms with Gasteiger partial charge in [0, 0.05) is 17.3 Å². The molecule has 0 aromatic heterocycles. The van der Waals surface area contributed by atoms with Gasteiger partial charge in [-0.2, -0.15) is 0 Å². The Kier molecular flexibility index (Phi) is 3.67. The van der Waals surface area contributed by atoms with Crippen LogP contribution in [0.25, 0.3) is 21.5 Å². The average molecular weight is 337 g/mol. The normalized spacial score (nSPS) is 13.4. The Balaban J connectivity index is 1.82. The predicted molar refractivity (Wildman–Crippen MR) is 113 cm³/mol. The second kappa shape index (κ2) is 6.17. The van der Waals surface area contributed by atoms with Crippen LogP contribution in [-0.4, -0.2) is 0 Å². The molecule has 26 heavy (non-hydrogen) atoms. The minimum Gasteiger partial charge on any atom is -0.355 e. The van der Waals surface area contributed by atoms with Gasteiger partial charge in [0.05, 0.1) is 0 Å². The van der Waals surface area contributed by atoms with Gasteiger partial charge in [0.2, 0.25) is 0 Å². The second-order valence-corrected chi connectivity index (χ2v) is 7.32. The van der Waals surface area contributed by atoms with E-state index in [1.54, 1.807) is 0 Å². The highest BCUT2D eigenvalue weighted by atomic mass is 14.9. The summed E-state index contributed by atoms with van der Waals surface area (Å²) in [5.74, 6) is 0.443. The number of rotatable bonds is 3. The van der Waals surface area contributed by atoms with Crippen LogP contribution in [0.2, 0.25) is 0 Å². The molecule has 4 aromatic rings. The number of benzene rings is 4. The van der Waals surface area contributed by atoms with E-state index in [0.717, 1.165) is 0 Å². The summed E-state index contributed by atoms with van der Waals surface area (Å²) in [6.45, 7) is 2.29. The van der Waals surface area contributed by atoms with Gasteiger partial charge >= 0.3 is 0 Å². The van der Waals surface area contributed by atoms with Crippen LogP contribution < -0.4 is 5.32 Å². The van der Waals surface area contributed by atoms with Gasteiger partial charge < -0.3 is 5.32 Å². The fourth-order valence-electron chi connectivity index (χ4n) is 4.55. The Bertz CT molecular complexity index is 1020. The Morgan fingerprint density at radius 3 is 1.77 bits per heavy atom. The first-order chi connectivity index (χ1) is 12.9. The lowest BCUT2D eigenvalue weighted by molar-refractivity contribution is 0.655. The first-order valence-electron chi connectivity index (χ1n) is 9.67. The molecule has 1 nitrogen and oxygen atoms in total. The van der Waals surface area contributed by atoms with Crippen LogP contribution in [0.15, 0.2) is 72.8 Å². The van der Waals surface area contributed by atoms with Crippen molar-refractivity contribution in [2.75, 3.05) is 5.32 Å². The number of unbranched alkanes of at least 4 members (excludes halogenated alkanes) is 1. The van der Waals surface area contributed by atoms with Gasteiger partial charge in [-0.05, 0) is 51.2 Å². The smallest absolute Gasteiger partial charge is 0.0429 e. The van der Waals surface area contributed by atoms with Crippen LogP contribution in [0.3, 0.4) is 0 Å². The lowest BCUT2D eigenvalue weighted by Gasteiger charge is -2.32. The van der Waals surface area contributed by atoms with E-state index in [2.05, 4.69) is 85.0 Å². The minimum absolute atomic E-state index is 0.443. The van der Waals surface area contributed by atoms with Crippen LogP contribution in [0, 0.1) is 0 Å². The molecule has 1 N–H and O–H groups in total. The molecule has 0 atom stereocenters. The van der Waals surface area contributed by atoms with E-state index in [0.29, 0.717) is 5.92 Å². The minimum atomic E-state index is 0.443. The quantitative estimate of drug-likeness (QED) is 0.411. The number of fused-ring (bicyclic) bond motifs is 6. The van der Waals surface area contributed by atoms with Crippen molar-refractivity contribution >= 4 is 32.9 Å². The zero-order valence-corrected chi connectivity index (χ0v) is 15.1. The molecule has 5 rings (SSSR count). The van der Waals surface area contributed by atoms with Crippen molar-refractivity contribution in [2.45, 2.75) is 32.1 Å². The van der Waals surface area contributed by atoms with Gasteiger partial charge in [0.15, 0.2) is 0 Å². The van der Waals surface area contributed by atoms with Gasteiger partial charge in [-0.1, -0.05) is 80.4 Å². The molecule has 0 aliphatic carbocycles. The molecule has 1 aliphatic heterocycles. The van der Waals surface area contributed by atoms with E-state index in [9.17, 15) is 0 Å². The van der Waals surface area contributed by atoms with Gasteiger partial charge in [-0.15, -0.1) is 0 Å². The number of anilines is 2. The Morgan fingerprint density at radius 1 is 0.692 bits per heavy atom. The maximum Gasteiger partial charge on any atom is 0.0429 e. The SMILES string of the molecule is CCCCC1c2c(ccc3ccccc23)Nc2ccc3ccccc3c21. The summed E-state index contributed by atoms with van der Waals surface area (Å²) in [4.78, 5) is 0. The molecule has 128 valence electrons. The maximum atomic E-state index is 3.73. The molecular weight excluding hydrogens is 314 g/mol. The van der Waals surface area contributed by atoms with Crippen molar-refractivity contribution in [3.8, 4) is 0 Å².